The van der Waals surface area contributed by atoms with Gasteiger partial charge in [0.2, 0.25) is 5.91 Å². The number of carboxylic acids is 1. The SMILES string of the molecule is CC(c1ccccc1N1CCCC1C)C(C(N)=O)c1ccc(C(=O)O)cc1. The standard InChI is InChI=1S/C22H26N2O3/c1-14-6-5-13-24(14)19-8-4-3-7-18(19)15(2)20(21(23)25)16-9-11-17(12-10-16)22(26)27/h3-4,7-12,14-15,20H,5-6,13H2,1-2H3,(H2,23,25)(H,26,27). The molecule has 0 bridgehead atoms. The monoisotopic (exact) mass is 366 g/mol. The number of hydrogen-bond donors (Lipinski definition) is 2. The number of nitrogens with two attached hydrogens (primary N) is 1. The maximum Gasteiger partial charge on any atom is 0.335 e. The smallest absolute Gasteiger partial charge is 0.335 e. The molecule has 0 saturated carbocycles. The highest BCUT2D eigenvalue weighted by Gasteiger charge is 2.30. The molecule has 3 unspecified atom stereocenters. The summed E-state index contributed by atoms with van der Waals surface area (Å²) in [5.41, 5.74) is 8.95. The van der Waals surface area contributed by atoms with E-state index in [0.29, 0.717) is 6.04 Å². The van der Waals surface area contributed by atoms with Crippen molar-refractivity contribution in [3.8, 4) is 0 Å². The Morgan fingerprint density at radius 1 is 1.15 bits per heavy atom. The van der Waals surface area contributed by atoms with E-state index in [2.05, 4.69) is 24.0 Å². The maximum atomic E-state index is 12.3. The minimum Gasteiger partial charge on any atom is -0.478 e. The number of primary amides is 1. The number of rotatable bonds is 6. The molecule has 3 rings (SSSR count). The van der Waals surface area contributed by atoms with Crippen molar-refractivity contribution in [3.05, 3.63) is 65.2 Å². The molecule has 0 aromatic heterocycles. The zero-order valence-electron chi connectivity index (χ0n) is 15.8. The van der Waals surface area contributed by atoms with Crippen molar-refractivity contribution in [3.63, 3.8) is 0 Å². The van der Waals surface area contributed by atoms with Gasteiger partial charge in [-0.1, -0.05) is 37.3 Å². The first kappa shape index (κ1) is 19.0. The van der Waals surface area contributed by atoms with Crippen molar-refractivity contribution in [1.82, 2.24) is 0 Å². The minimum absolute atomic E-state index is 0.123. The summed E-state index contributed by atoms with van der Waals surface area (Å²) in [4.78, 5) is 25.8. The third kappa shape index (κ3) is 3.82. The lowest BCUT2D eigenvalue weighted by molar-refractivity contribution is -0.119. The van der Waals surface area contributed by atoms with Crippen LogP contribution in [-0.4, -0.2) is 29.6 Å². The molecule has 5 nitrogen and oxygen atoms in total. The number of hydrogen-bond acceptors (Lipinski definition) is 3. The van der Waals surface area contributed by atoms with E-state index in [4.69, 9.17) is 10.8 Å². The van der Waals surface area contributed by atoms with E-state index < -0.39 is 17.8 Å². The first-order valence-electron chi connectivity index (χ1n) is 9.38. The van der Waals surface area contributed by atoms with Crippen LogP contribution in [0.4, 0.5) is 5.69 Å². The van der Waals surface area contributed by atoms with Gasteiger partial charge >= 0.3 is 5.97 Å². The lowest BCUT2D eigenvalue weighted by Crippen LogP contribution is -2.30. The zero-order valence-corrected chi connectivity index (χ0v) is 15.8. The quantitative estimate of drug-likeness (QED) is 0.816. The number of carbonyl (C=O) groups is 2. The molecule has 2 aromatic rings. The molecule has 3 N–H and O–H groups in total. The lowest BCUT2D eigenvalue weighted by Gasteiger charge is -2.30. The van der Waals surface area contributed by atoms with Gasteiger partial charge < -0.3 is 15.7 Å². The number of aromatic carboxylic acids is 1. The van der Waals surface area contributed by atoms with Crippen LogP contribution in [0.15, 0.2) is 48.5 Å². The molecular formula is C22H26N2O3. The third-order valence-electron chi connectivity index (χ3n) is 5.61. The van der Waals surface area contributed by atoms with Crippen molar-refractivity contribution in [2.45, 2.75) is 44.6 Å². The van der Waals surface area contributed by atoms with E-state index in [1.165, 1.54) is 25.0 Å². The van der Waals surface area contributed by atoms with E-state index in [0.717, 1.165) is 23.4 Å². The van der Waals surface area contributed by atoms with Gasteiger partial charge in [-0.25, -0.2) is 4.79 Å². The Morgan fingerprint density at radius 3 is 2.37 bits per heavy atom. The van der Waals surface area contributed by atoms with Crippen LogP contribution in [0.1, 0.15) is 60.0 Å². The molecule has 1 heterocycles. The molecule has 1 amide bonds. The fourth-order valence-electron chi connectivity index (χ4n) is 4.14. The zero-order chi connectivity index (χ0) is 19.6. The third-order valence-corrected chi connectivity index (χ3v) is 5.61. The largest absolute Gasteiger partial charge is 0.478 e. The summed E-state index contributed by atoms with van der Waals surface area (Å²) >= 11 is 0. The first-order valence-corrected chi connectivity index (χ1v) is 9.38. The van der Waals surface area contributed by atoms with Crippen LogP contribution in [0, 0.1) is 0 Å². The first-order chi connectivity index (χ1) is 12.9. The average molecular weight is 366 g/mol. The van der Waals surface area contributed by atoms with Crippen molar-refractivity contribution in [2.24, 2.45) is 5.73 Å². The summed E-state index contributed by atoms with van der Waals surface area (Å²) in [5.74, 6) is -2.04. The van der Waals surface area contributed by atoms with Gasteiger partial charge in [0.15, 0.2) is 0 Å². The van der Waals surface area contributed by atoms with Crippen molar-refractivity contribution in [1.29, 1.82) is 0 Å². The molecule has 1 aliphatic rings. The predicted molar refractivity (Wildman–Crippen MR) is 106 cm³/mol. The summed E-state index contributed by atoms with van der Waals surface area (Å²) in [6.45, 7) is 5.25. The van der Waals surface area contributed by atoms with E-state index in [1.54, 1.807) is 12.1 Å². The molecule has 0 radical (unpaired) electrons. The Balaban J connectivity index is 1.98. The van der Waals surface area contributed by atoms with Gasteiger partial charge in [0.05, 0.1) is 11.5 Å². The predicted octanol–water partition coefficient (Wildman–Crippen LogP) is 3.75. The van der Waals surface area contributed by atoms with Gasteiger partial charge in [0.25, 0.3) is 0 Å². The van der Waals surface area contributed by atoms with Gasteiger partial charge in [-0.05, 0) is 55.0 Å². The Hall–Kier alpha value is -2.82. The Labute approximate surface area is 159 Å². The Morgan fingerprint density at radius 2 is 1.81 bits per heavy atom. The van der Waals surface area contributed by atoms with Crippen molar-refractivity contribution >= 4 is 17.6 Å². The summed E-state index contributed by atoms with van der Waals surface area (Å²) in [6, 6.07) is 15.1. The topological polar surface area (TPSA) is 83.6 Å². The van der Waals surface area contributed by atoms with Crippen LogP contribution >= 0.6 is 0 Å². The highest BCUT2D eigenvalue weighted by Crippen LogP contribution is 2.39. The van der Waals surface area contributed by atoms with Crippen LogP contribution in [0.2, 0.25) is 0 Å². The maximum absolute atomic E-state index is 12.3. The molecule has 0 aliphatic carbocycles. The fourth-order valence-corrected chi connectivity index (χ4v) is 4.14. The number of para-hydroxylation sites is 1. The number of carboxylic acid groups (broad SMARTS) is 1. The normalized spacial score (nSPS) is 18.9. The van der Waals surface area contributed by atoms with Crippen molar-refractivity contribution in [2.75, 3.05) is 11.4 Å². The van der Waals surface area contributed by atoms with E-state index in [9.17, 15) is 9.59 Å². The second-order valence-corrected chi connectivity index (χ2v) is 7.34. The summed E-state index contributed by atoms with van der Waals surface area (Å²) < 4.78 is 0. The molecule has 27 heavy (non-hydrogen) atoms. The van der Waals surface area contributed by atoms with E-state index in [1.807, 2.05) is 19.1 Å². The van der Waals surface area contributed by atoms with Gasteiger partial charge in [-0.15, -0.1) is 0 Å². The molecule has 0 spiro atoms. The number of nitrogens with zero attached hydrogens (tertiary/aromatic N) is 1. The van der Waals surface area contributed by atoms with Crippen LogP contribution in [0.5, 0.6) is 0 Å². The minimum atomic E-state index is -0.987. The fraction of sp³-hybridized carbons (Fsp3) is 0.364. The molecule has 2 aromatic carbocycles. The molecule has 142 valence electrons. The molecule has 1 fully saturated rings. The highest BCUT2D eigenvalue weighted by atomic mass is 16.4. The molecule has 1 aliphatic heterocycles. The summed E-state index contributed by atoms with van der Waals surface area (Å²) in [6.07, 6.45) is 2.33. The van der Waals surface area contributed by atoms with Crippen LogP contribution in [-0.2, 0) is 4.79 Å². The number of anilines is 1. The number of benzene rings is 2. The molecule has 5 heteroatoms. The molecular weight excluding hydrogens is 340 g/mol. The second-order valence-electron chi connectivity index (χ2n) is 7.34. The second kappa shape index (κ2) is 7.82. The van der Waals surface area contributed by atoms with Gasteiger partial charge in [0, 0.05) is 18.3 Å². The number of amides is 1. The van der Waals surface area contributed by atoms with E-state index in [-0.39, 0.29) is 11.5 Å². The Bertz CT molecular complexity index is 832. The van der Waals surface area contributed by atoms with E-state index >= 15 is 0 Å². The van der Waals surface area contributed by atoms with Crippen LogP contribution in [0.25, 0.3) is 0 Å². The van der Waals surface area contributed by atoms with Gasteiger partial charge in [-0.2, -0.15) is 0 Å². The highest BCUT2D eigenvalue weighted by molar-refractivity contribution is 5.88. The summed E-state index contributed by atoms with van der Waals surface area (Å²) in [7, 11) is 0. The van der Waals surface area contributed by atoms with Crippen LogP contribution < -0.4 is 10.6 Å². The lowest BCUT2D eigenvalue weighted by atomic mass is 9.81. The van der Waals surface area contributed by atoms with Crippen LogP contribution in [0.3, 0.4) is 0 Å². The van der Waals surface area contributed by atoms with Crippen molar-refractivity contribution < 1.29 is 14.7 Å². The average Bonchev–Trinajstić information content (AvgIpc) is 3.07. The van der Waals surface area contributed by atoms with Gasteiger partial charge in [0.1, 0.15) is 0 Å². The molecule has 1 saturated heterocycles. The van der Waals surface area contributed by atoms with Gasteiger partial charge in [-0.3, -0.25) is 4.79 Å². The Kier molecular flexibility index (Phi) is 5.49. The molecule has 3 atom stereocenters. The summed E-state index contributed by atoms with van der Waals surface area (Å²) in [5, 5.41) is 9.10. The number of carbonyl (C=O) groups excluding carboxylic acids is 1.